The van der Waals surface area contributed by atoms with Gasteiger partial charge in [-0.25, -0.2) is 33.6 Å². The Morgan fingerprint density at radius 1 is 0.347 bits per heavy atom. The van der Waals surface area contributed by atoms with E-state index >= 15 is 0 Å². The van der Waals surface area contributed by atoms with Crippen LogP contribution in [0.4, 0.5) is 0 Å². The summed E-state index contributed by atoms with van der Waals surface area (Å²) in [5.41, 5.74) is 8.97. The van der Waals surface area contributed by atoms with Gasteiger partial charge in [-0.05, 0) is 315 Å². The summed E-state index contributed by atoms with van der Waals surface area (Å²) in [6, 6.07) is 23.1. The van der Waals surface area contributed by atoms with Gasteiger partial charge < -0.3 is 93.7 Å². The van der Waals surface area contributed by atoms with Crippen LogP contribution in [0.3, 0.4) is 0 Å². The quantitative estimate of drug-likeness (QED) is 0.0148. The number of aliphatic carboxylic acids is 4. The van der Waals surface area contributed by atoms with E-state index in [2.05, 4.69) is 24.3 Å². The maximum atomic E-state index is 12.1. The molecule has 0 aliphatic heterocycles. The summed E-state index contributed by atoms with van der Waals surface area (Å²) in [5, 5.41) is 97.5. The van der Waals surface area contributed by atoms with E-state index in [0.29, 0.717) is 109 Å². The highest BCUT2D eigenvalue weighted by molar-refractivity contribution is 5.75. The van der Waals surface area contributed by atoms with Crippen LogP contribution in [-0.2, 0) is 113 Å². The SMILES string of the molecule is CC[C@@H](CC[C@@H]1[C@H]2Cc3cccc(OCC(=O)O)c3C[C@H]2C[C@H]1O)OC(=O)C(C)C.CC[C@@H](CC[C@@H]1[C@H]2Cc3cccc(OCC(=O)O)c3C[C@H]2C[C@H]1O)OC(=O)[C@@H](C)O.CC[C@@H](CC[C@@H]1[C@H]2Cc3cccc(OCC(=O)O)c3C[C@H]2C[C@H]1O)OC(=O)[C@@H](C)OC.CC[C@@H](CC[C@@H]1[C@H]2Cc3cccc(OCC(=O)O)c3C[C@H]2C[C@H]1O)OC(=O)[C@H](C)O. The molecule has 4 saturated carbocycles. The molecule has 0 unspecified atom stereocenters. The molecular weight excluding hydrogens is 1560 g/mol. The second-order valence-electron chi connectivity index (χ2n) is 35.1. The molecule has 0 spiro atoms. The zero-order valence-electron chi connectivity index (χ0n) is 72.0. The van der Waals surface area contributed by atoms with E-state index in [-0.39, 0.29) is 105 Å². The number of rotatable bonds is 37. The maximum absolute atomic E-state index is 12.1. The molecule has 4 aromatic rings. The minimum absolute atomic E-state index is 0.0990. The van der Waals surface area contributed by atoms with Gasteiger partial charge in [0, 0.05) is 7.11 Å². The van der Waals surface area contributed by atoms with Gasteiger partial charge in [0.25, 0.3) is 0 Å². The largest absolute Gasteiger partial charge is 0.482 e. The molecule has 121 heavy (non-hydrogen) atoms. The predicted molar refractivity (Wildman–Crippen MR) is 445 cm³/mol. The summed E-state index contributed by atoms with van der Waals surface area (Å²) >= 11 is 0. The summed E-state index contributed by atoms with van der Waals surface area (Å²) in [4.78, 5) is 90.9. The lowest BCUT2D eigenvalue weighted by Crippen LogP contribution is -2.30. The van der Waals surface area contributed by atoms with E-state index in [1.807, 2.05) is 90.1 Å². The second kappa shape index (κ2) is 45.8. The molecule has 12 rings (SSSR count). The number of carboxylic acids is 4. The molecule has 0 amide bonds. The first kappa shape index (κ1) is 96.4. The Hall–Kier alpha value is -8.44. The molecule has 23 atom stereocenters. The Balaban J connectivity index is 0.000000183. The minimum atomic E-state index is -1.13. The van der Waals surface area contributed by atoms with Crippen molar-refractivity contribution in [1.82, 2.24) is 0 Å². The van der Waals surface area contributed by atoms with Crippen molar-refractivity contribution in [3.63, 3.8) is 0 Å². The van der Waals surface area contributed by atoms with Crippen LogP contribution in [0, 0.1) is 76.9 Å². The number of benzene rings is 4. The van der Waals surface area contributed by atoms with Gasteiger partial charge >= 0.3 is 47.8 Å². The lowest BCUT2D eigenvalue weighted by molar-refractivity contribution is -0.161. The molecule has 27 nitrogen and oxygen atoms in total. The highest BCUT2D eigenvalue weighted by Crippen LogP contribution is 2.53. The molecule has 8 aliphatic carbocycles. The Morgan fingerprint density at radius 2 is 0.579 bits per heavy atom. The smallest absolute Gasteiger partial charge is 0.341 e. The summed E-state index contributed by atoms with van der Waals surface area (Å²) in [7, 11) is 1.49. The number of carbonyl (C=O) groups is 8. The topological polar surface area (TPSA) is 422 Å². The van der Waals surface area contributed by atoms with Gasteiger partial charge in [-0.3, -0.25) is 4.79 Å². The number of methoxy groups -OCH3 is 1. The van der Waals surface area contributed by atoms with Crippen LogP contribution in [0.5, 0.6) is 23.0 Å². The summed E-state index contributed by atoms with van der Waals surface area (Å²) in [6.07, 6.45) is 13.1. The molecule has 0 radical (unpaired) electrons. The van der Waals surface area contributed by atoms with Gasteiger partial charge in [0.2, 0.25) is 0 Å². The lowest BCUT2D eigenvalue weighted by atomic mass is 9.73. The number of carbonyl (C=O) groups excluding carboxylic acids is 4. The normalized spacial score (nSPS) is 26.6. The molecule has 8 aliphatic rings. The summed E-state index contributed by atoms with van der Waals surface area (Å²) in [6.45, 7) is 14.7. The van der Waals surface area contributed by atoms with Crippen molar-refractivity contribution < 1.29 is 132 Å². The Labute approximate surface area is 710 Å². The number of hydrogen-bond acceptors (Lipinski definition) is 23. The van der Waals surface area contributed by atoms with Crippen molar-refractivity contribution in [2.75, 3.05) is 33.5 Å². The Bertz CT molecular complexity index is 3780. The number of esters is 4. The molecule has 0 aromatic heterocycles. The lowest BCUT2D eigenvalue weighted by Gasteiger charge is -2.32. The number of fused-ring (bicyclic) bond motifs is 8. The zero-order valence-corrected chi connectivity index (χ0v) is 72.0. The third-order valence-corrected chi connectivity index (χ3v) is 26.9. The third-order valence-electron chi connectivity index (χ3n) is 26.9. The predicted octanol–water partition coefficient (Wildman–Crippen LogP) is 11.3. The number of ether oxygens (including phenoxy) is 9. The van der Waals surface area contributed by atoms with Gasteiger partial charge in [-0.1, -0.05) is 90.1 Å². The number of aliphatic hydroxyl groups excluding tert-OH is 6. The average molecular weight is 1690 g/mol. The first-order valence-corrected chi connectivity index (χ1v) is 44.0. The third kappa shape index (κ3) is 26.3. The molecule has 0 heterocycles. The Kier molecular flexibility index (Phi) is 36.5. The van der Waals surface area contributed by atoms with Crippen molar-refractivity contribution in [3.8, 4) is 23.0 Å². The number of carboxylic acid groups (broad SMARTS) is 4. The van der Waals surface area contributed by atoms with Gasteiger partial charge in [0.05, 0.1) is 30.3 Å². The molecule has 10 N–H and O–H groups in total. The van der Waals surface area contributed by atoms with Gasteiger partial charge in [0.15, 0.2) is 32.5 Å². The Morgan fingerprint density at radius 3 is 0.785 bits per heavy atom. The standard InChI is InChI=1S/C24H34O7.C24H34O6.2C23H32O7/c1-4-17(31-24(28)14(2)29-3)8-9-18-19-10-15-6-5-7-22(30-13-23(26)27)20(15)11-16(19)12-21(18)25;1-4-17(30-24(28)14(2)3)8-9-18-19-10-15-6-5-7-22(29-13-23(26)27)20(15)11-16(19)12-21(18)25;2*1-3-16(30-23(28)13(2)24)7-8-17-18-9-14-5-4-6-21(29-12-22(26)27)19(14)10-15(18)11-20(17)25/h5-7,14,16-19,21,25H,4,8-13H2,1-3H3,(H,26,27);5-7,14,16-19,21,25H,4,8-13H2,1-3H3,(H,26,27);2*4-6,13,15-18,20,24-25H,3,7-12H2,1-2H3,(H,26,27)/t14-,16+,17+,18-,19+,21-;16-,17-,18+,19-,21+;13-,15+,16+,17-,18+,20-;13-,15-,16-,17+,18-,20+/m1010/s1. The second-order valence-corrected chi connectivity index (χ2v) is 35.1. The van der Waals surface area contributed by atoms with E-state index < -0.39 is 66.3 Å². The fourth-order valence-electron chi connectivity index (χ4n) is 20.4. The van der Waals surface area contributed by atoms with Crippen molar-refractivity contribution in [3.05, 3.63) is 117 Å². The molecule has 27 heteroatoms. The molecule has 670 valence electrons. The van der Waals surface area contributed by atoms with E-state index in [1.165, 1.54) is 32.1 Å². The molecule has 0 saturated heterocycles. The first-order chi connectivity index (χ1) is 57.7. The monoisotopic (exact) mass is 1690 g/mol. The van der Waals surface area contributed by atoms with Gasteiger partial charge in [-0.2, -0.15) is 0 Å². The highest BCUT2D eigenvalue weighted by atomic mass is 16.6. The van der Waals surface area contributed by atoms with Crippen LogP contribution in [0.1, 0.15) is 210 Å². The van der Waals surface area contributed by atoms with Crippen molar-refractivity contribution in [1.29, 1.82) is 0 Å². The average Bonchev–Trinajstić information content (AvgIpc) is 1.64. The van der Waals surface area contributed by atoms with Crippen molar-refractivity contribution in [2.45, 2.75) is 284 Å². The van der Waals surface area contributed by atoms with E-state index in [1.54, 1.807) is 6.92 Å². The van der Waals surface area contributed by atoms with E-state index in [9.17, 15) is 69.0 Å². The highest BCUT2D eigenvalue weighted by Gasteiger charge is 2.50. The van der Waals surface area contributed by atoms with Gasteiger partial charge in [0.1, 0.15) is 59.6 Å². The van der Waals surface area contributed by atoms with Crippen molar-refractivity contribution in [2.24, 2.45) is 76.9 Å². The van der Waals surface area contributed by atoms with E-state index in [0.717, 1.165) is 149 Å². The van der Waals surface area contributed by atoms with Crippen LogP contribution in [0.25, 0.3) is 0 Å². The minimum Gasteiger partial charge on any atom is -0.482 e. The van der Waals surface area contributed by atoms with Crippen LogP contribution in [-0.4, -0.2) is 200 Å². The first-order valence-electron chi connectivity index (χ1n) is 44.0. The molecule has 4 fully saturated rings. The van der Waals surface area contributed by atoms with Crippen LogP contribution in [0.15, 0.2) is 72.8 Å². The fourth-order valence-corrected chi connectivity index (χ4v) is 20.4. The fraction of sp³-hybridized carbons (Fsp3) is 0.660. The van der Waals surface area contributed by atoms with E-state index in [4.69, 9.17) is 63.1 Å². The molecular formula is C94H132O27. The van der Waals surface area contributed by atoms with Crippen LogP contribution < -0.4 is 18.9 Å². The molecule has 4 aromatic carbocycles. The van der Waals surface area contributed by atoms with Crippen LogP contribution in [0.2, 0.25) is 0 Å². The summed E-state index contributed by atoms with van der Waals surface area (Å²) < 4.78 is 49.0. The van der Waals surface area contributed by atoms with Crippen molar-refractivity contribution >= 4 is 47.8 Å². The maximum Gasteiger partial charge on any atom is 0.341 e. The summed E-state index contributed by atoms with van der Waals surface area (Å²) in [5.74, 6) is 0.133. The van der Waals surface area contributed by atoms with Crippen LogP contribution >= 0.6 is 0 Å². The zero-order chi connectivity index (χ0) is 88.1. The van der Waals surface area contributed by atoms with Gasteiger partial charge in [-0.15, -0.1) is 0 Å². The molecule has 0 bridgehead atoms. The number of aliphatic hydroxyl groups is 6. The number of hydrogen-bond donors (Lipinski definition) is 10.